The van der Waals surface area contributed by atoms with Crippen LogP contribution in [-0.2, 0) is 14.1 Å². The van der Waals surface area contributed by atoms with Gasteiger partial charge < -0.3 is 11.5 Å². The Morgan fingerprint density at radius 3 is 2.47 bits per heavy atom. The normalized spacial score (nSPS) is 10.8. The van der Waals surface area contributed by atoms with Gasteiger partial charge in [0.25, 0.3) is 5.16 Å². The van der Waals surface area contributed by atoms with Gasteiger partial charge in [0, 0.05) is 0 Å². The Hall–Kier alpha value is -1.54. The molecule has 0 aliphatic heterocycles. The van der Waals surface area contributed by atoms with Gasteiger partial charge in [0.1, 0.15) is 7.05 Å². The number of hydrogen-bond donors (Lipinski definition) is 3. The highest BCUT2D eigenvalue weighted by Gasteiger charge is 2.25. The molecule has 7 nitrogen and oxygen atoms in total. The summed E-state index contributed by atoms with van der Waals surface area (Å²) in [6.07, 6.45) is 0. The summed E-state index contributed by atoms with van der Waals surface area (Å²) in [6, 6.07) is 0. The molecule has 0 aliphatic carbocycles. The van der Waals surface area contributed by atoms with Crippen LogP contribution in [0.15, 0.2) is 5.16 Å². The van der Waals surface area contributed by atoms with Gasteiger partial charge in [0.15, 0.2) is 22.5 Å². The Morgan fingerprint density at radius 2 is 1.94 bits per heavy atom. The molecule has 2 rings (SSSR count). The van der Waals surface area contributed by atoms with Crippen LogP contribution in [0.25, 0.3) is 11.5 Å². The second-order valence-corrected chi connectivity index (χ2v) is 4.20. The quantitative estimate of drug-likeness (QED) is 0.494. The van der Waals surface area contributed by atoms with E-state index in [1.165, 1.54) is 0 Å². The van der Waals surface area contributed by atoms with Crippen LogP contribution in [0.5, 0.6) is 0 Å². The molecule has 0 aliphatic rings. The van der Waals surface area contributed by atoms with Crippen molar-refractivity contribution in [3.63, 3.8) is 0 Å². The highest BCUT2D eigenvalue weighted by Crippen LogP contribution is 2.24. The molecule has 2 aromatic heterocycles. The first-order valence-electron chi connectivity index (χ1n) is 4.62. The Labute approximate surface area is 108 Å². The van der Waals surface area contributed by atoms with E-state index in [2.05, 4.69) is 27.7 Å². The van der Waals surface area contributed by atoms with Crippen LogP contribution in [-0.4, -0.2) is 19.6 Å². The SMILES string of the molecule is Cn1c(S)n[n+](C)c1-c1nc(Cl)c(N)nc1N. The van der Waals surface area contributed by atoms with Crippen LogP contribution in [0.1, 0.15) is 0 Å². The lowest BCUT2D eigenvalue weighted by molar-refractivity contribution is -0.720. The van der Waals surface area contributed by atoms with Crippen molar-refractivity contribution in [3.8, 4) is 11.5 Å². The highest BCUT2D eigenvalue weighted by molar-refractivity contribution is 7.80. The molecule has 0 aromatic carbocycles. The third-order valence-corrected chi connectivity index (χ3v) is 2.95. The Kier molecular flexibility index (Phi) is 2.84. The molecule has 9 heteroatoms. The third kappa shape index (κ3) is 1.89. The lowest BCUT2D eigenvalue weighted by atomic mass is 10.3. The number of nitrogen functional groups attached to an aromatic ring is 2. The van der Waals surface area contributed by atoms with Gasteiger partial charge in [0.05, 0.1) is 7.05 Å². The topological polar surface area (TPSA) is 99.5 Å². The Bertz CT molecular complexity index is 594. The maximum atomic E-state index is 5.83. The first-order chi connectivity index (χ1) is 7.91. The first kappa shape index (κ1) is 11.9. The molecule has 90 valence electrons. The zero-order valence-electron chi connectivity index (χ0n) is 9.22. The number of rotatable bonds is 1. The molecule has 0 radical (unpaired) electrons. The van der Waals surface area contributed by atoms with Gasteiger partial charge in [-0.1, -0.05) is 24.2 Å². The number of anilines is 2. The number of nitrogens with two attached hydrogens (primary N) is 2. The molecule has 0 fully saturated rings. The summed E-state index contributed by atoms with van der Waals surface area (Å²) in [6.45, 7) is 0. The van der Waals surface area contributed by atoms with Crippen molar-refractivity contribution in [1.29, 1.82) is 0 Å². The van der Waals surface area contributed by atoms with E-state index in [4.69, 9.17) is 23.1 Å². The molecular formula is C8H11ClN7S+. The molecule has 0 amide bonds. The fraction of sp³-hybridized carbons (Fsp3) is 0.250. The number of halogens is 1. The summed E-state index contributed by atoms with van der Waals surface area (Å²) in [5.41, 5.74) is 11.7. The van der Waals surface area contributed by atoms with E-state index in [-0.39, 0.29) is 16.8 Å². The van der Waals surface area contributed by atoms with Gasteiger partial charge in [-0.15, -0.1) is 4.68 Å². The van der Waals surface area contributed by atoms with Crippen molar-refractivity contribution in [1.82, 2.24) is 19.6 Å². The van der Waals surface area contributed by atoms with Crippen LogP contribution in [0.2, 0.25) is 5.15 Å². The number of nitrogens with zero attached hydrogens (tertiary/aromatic N) is 5. The molecule has 0 saturated heterocycles. The van der Waals surface area contributed by atoms with Crippen molar-refractivity contribution in [3.05, 3.63) is 5.15 Å². The lowest BCUT2D eigenvalue weighted by Crippen LogP contribution is -2.33. The maximum Gasteiger partial charge on any atom is 0.334 e. The standard InChI is InChI=1S/C8H10ClN7S/c1-15-7(16(2)14-8(15)17)3-5(10)13-6(11)4(9)12-3/h1-2H3,(H4,10,11,13,14,17)/p+1. The fourth-order valence-corrected chi connectivity index (χ4v) is 1.83. The number of aromatic nitrogens is 5. The average molecular weight is 273 g/mol. The van der Waals surface area contributed by atoms with Crippen molar-refractivity contribution in [2.75, 3.05) is 11.5 Å². The van der Waals surface area contributed by atoms with Gasteiger partial charge >= 0.3 is 5.82 Å². The van der Waals surface area contributed by atoms with Crippen LogP contribution in [0, 0.1) is 0 Å². The number of aryl methyl sites for hydroxylation is 1. The average Bonchev–Trinajstić information content (AvgIpc) is 2.48. The predicted molar refractivity (Wildman–Crippen MR) is 66.5 cm³/mol. The molecule has 4 N–H and O–H groups in total. The molecule has 0 unspecified atom stereocenters. The van der Waals surface area contributed by atoms with E-state index >= 15 is 0 Å². The Balaban J connectivity index is 2.72. The summed E-state index contributed by atoms with van der Waals surface area (Å²) in [5, 5.41) is 4.76. The van der Waals surface area contributed by atoms with E-state index in [1.54, 1.807) is 23.3 Å². The van der Waals surface area contributed by atoms with Crippen LogP contribution >= 0.6 is 24.2 Å². The maximum absolute atomic E-state index is 5.83. The Morgan fingerprint density at radius 1 is 1.29 bits per heavy atom. The van der Waals surface area contributed by atoms with Gasteiger partial charge in [-0.2, -0.15) is 0 Å². The van der Waals surface area contributed by atoms with Crippen molar-refractivity contribution < 1.29 is 4.68 Å². The largest absolute Gasteiger partial charge is 0.382 e. The molecular weight excluding hydrogens is 262 g/mol. The highest BCUT2D eigenvalue weighted by atomic mass is 35.5. The fourth-order valence-electron chi connectivity index (χ4n) is 1.48. The predicted octanol–water partition coefficient (Wildman–Crippen LogP) is -0.192. The first-order valence-corrected chi connectivity index (χ1v) is 5.45. The minimum atomic E-state index is 0.101. The minimum absolute atomic E-state index is 0.101. The van der Waals surface area contributed by atoms with E-state index in [9.17, 15) is 0 Å². The number of hydrogen-bond acceptors (Lipinski definition) is 6. The monoisotopic (exact) mass is 272 g/mol. The molecule has 0 atom stereocenters. The van der Waals surface area contributed by atoms with E-state index in [1.807, 2.05) is 0 Å². The minimum Gasteiger partial charge on any atom is -0.382 e. The van der Waals surface area contributed by atoms with Crippen LogP contribution < -0.4 is 16.1 Å². The van der Waals surface area contributed by atoms with Gasteiger partial charge in [-0.25, -0.2) is 14.5 Å². The summed E-state index contributed by atoms with van der Waals surface area (Å²) in [5.74, 6) is 0.935. The summed E-state index contributed by atoms with van der Waals surface area (Å²) in [7, 11) is 3.54. The van der Waals surface area contributed by atoms with E-state index < -0.39 is 0 Å². The van der Waals surface area contributed by atoms with Gasteiger partial charge in [-0.05, 0) is 5.10 Å². The van der Waals surface area contributed by atoms with Crippen molar-refractivity contribution in [2.24, 2.45) is 14.1 Å². The van der Waals surface area contributed by atoms with Crippen molar-refractivity contribution in [2.45, 2.75) is 5.16 Å². The molecule has 0 saturated carbocycles. The number of thiol groups is 1. The third-order valence-electron chi connectivity index (χ3n) is 2.28. The molecule has 17 heavy (non-hydrogen) atoms. The smallest absolute Gasteiger partial charge is 0.334 e. The van der Waals surface area contributed by atoms with Crippen molar-refractivity contribution >= 4 is 35.9 Å². The summed E-state index contributed by atoms with van der Waals surface area (Å²) >= 11 is 10.0. The molecule has 0 bridgehead atoms. The zero-order valence-corrected chi connectivity index (χ0v) is 10.9. The summed E-state index contributed by atoms with van der Waals surface area (Å²) in [4.78, 5) is 8.04. The molecule has 0 spiro atoms. The lowest BCUT2D eigenvalue weighted by Gasteiger charge is -2.03. The summed E-state index contributed by atoms with van der Waals surface area (Å²) < 4.78 is 3.31. The van der Waals surface area contributed by atoms with Gasteiger partial charge in [0.2, 0.25) is 0 Å². The van der Waals surface area contributed by atoms with E-state index in [0.29, 0.717) is 16.7 Å². The molecule has 2 heterocycles. The van der Waals surface area contributed by atoms with E-state index in [0.717, 1.165) is 0 Å². The van der Waals surface area contributed by atoms with Crippen LogP contribution in [0.3, 0.4) is 0 Å². The second kappa shape index (κ2) is 4.04. The second-order valence-electron chi connectivity index (χ2n) is 3.44. The zero-order chi connectivity index (χ0) is 12.7. The molecule has 2 aromatic rings. The van der Waals surface area contributed by atoms with Gasteiger partial charge in [-0.3, -0.25) is 0 Å². The van der Waals surface area contributed by atoms with Crippen LogP contribution in [0.4, 0.5) is 11.6 Å².